The van der Waals surface area contributed by atoms with E-state index in [4.69, 9.17) is 4.74 Å². The van der Waals surface area contributed by atoms with Crippen LogP contribution in [0.1, 0.15) is 24.2 Å². The van der Waals surface area contributed by atoms with Crippen LogP contribution in [0.15, 0.2) is 35.7 Å². The first-order valence-electron chi connectivity index (χ1n) is 11.1. The zero-order valence-electron chi connectivity index (χ0n) is 19.3. The Labute approximate surface area is 207 Å². The molecule has 0 radical (unpaired) electrons. The van der Waals surface area contributed by atoms with Gasteiger partial charge in [-0.3, -0.25) is 9.67 Å². The second-order valence-corrected chi connectivity index (χ2v) is 8.10. The average molecular weight is 554 g/mol. The van der Waals surface area contributed by atoms with Crippen molar-refractivity contribution in [2.75, 3.05) is 64.4 Å². The van der Waals surface area contributed by atoms with Crippen molar-refractivity contribution in [3.05, 3.63) is 41.9 Å². The summed E-state index contributed by atoms with van der Waals surface area (Å²) < 4.78 is 7.78. The summed E-state index contributed by atoms with van der Waals surface area (Å²) in [5.74, 6) is 1.96. The molecule has 0 aliphatic carbocycles. The molecule has 32 heavy (non-hydrogen) atoms. The van der Waals surface area contributed by atoms with Gasteiger partial charge in [0, 0.05) is 71.3 Å². The number of anilines is 1. The topological polar surface area (TPSA) is 74.1 Å². The molecular formula is C22H35IN8O. The summed E-state index contributed by atoms with van der Waals surface area (Å²) >= 11 is 0. The van der Waals surface area contributed by atoms with Gasteiger partial charge in [0.05, 0.1) is 19.3 Å². The molecule has 10 heteroatoms. The average Bonchev–Trinajstić information content (AvgIpc) is 3.26. The third kappa shape index (κ3) is 6.10. The van der Waals surface area contributed by atoms with Crippen LogP contribution in [0, 0.1) is 0 Å². The minimum absolute atomic E-state index is 0. The molecule has 0 bridgehead atoms. The van der Waals surface area contributed by atoms with Crippen LogP contribution in [0.25, 0.3) is 0 Å². The molecule has 1 unspecified atom stereocenters. The third-order valence-electron chi connectivity index (χ3n) is 6.08. The van der Waals surface area contributed by atoms with Gasteiger partial charge < -0.3 is 24.8 Å². The summed E-state index contributed by atoms with van der Waals surface area (Å²) in [4.78, 5) is 16.2. The van der Waals surface area contributed by atoms with E-state index >= 15 is 0 Å². The van der Waals surface area contributed by atoms with E-state index in [1.54, 1.807) is 0 Å². The number of guanidine groups is 1. The highest BCUT2D eigenvalue weighted by Crippen LogP contribution is 2.22. The Morgan fingerprint density at radius 1 is 1.25 bits per heavy atom. The van der Waals surface area contributed by atoms with E-state index in [1.165, 1.54) is 5.56 Å². The summed E-state index contributed by atoms with van der Waals surface area (Å²) in [6, 6.07) is 4.27. The van der Waals surface area contributed by atoms with Crippen LogP contribution in [0.3, 0.4) is 0 Å². The second kappa shape index (κ2) is 11.8. The minimum atomic E-state index is 0. The Kier molecular flexibility index (Phi) is 9.11. The second-order valence-electron chi connectivity index (χ2n) is 8.10. The largest absolute Gasteiger partial charge is 0.370 e. The maximum Gasteiger partial charge on any atom is 0.194 e. The molecule has 1 atom stereocenters. The molecular weight excluding hydrogens is 519 g/mol. The standard InChI is InChI=1S/C22H34N8O.HI/c1-4-28-7-9-29(10-8-28)21-13-18(5-6-24-21)14-25-22(23-2)30-11-12-31-20(17-30)19-15-26-27(3)16-19;/h5-6,13,15-16,20H,4,7-12,14,17H2,1-3H3,(H,23,25);1H. The molecule has 176 valence electrons. The Bertz CT molecular complexity index is 880. The predicted octanol–water partition coefficient (Wildman–Crippen LogP) is 1.72. The molecule has 0 saturated carbocycles. The lowest BCUT2D eigenvalue weighted by Gasteiger charge is -2.35. The summed E-state index contributed by atoms with van der Waals surface area (Å²) in [7, 11) is 3.76. The number of aryl methyl sites for hydroxylation is 1. The lowest BCUT2D eigenvalue weighted by molar-refractivity contribution is -0.00805. The quantitative estimate of drug-likeness (QED) is 0.343. The number of aromatic nitrogens is 3. The van der Waals surface area contributed by atoms with Gasteiger partial charge in [0.15, 0.2) is 5.96 Å². The van der Waals surface area contributed by atoms with Gasteiger partial charge in [-0.2, -0.15) is 5.10 Å². The van der Waals surface area contributed by atoms with E-state index in [-0.39, 0.29) is 30.1 Å². The van der Waals surface area contributed by atoms with E-state index in [0.29, 0.717) is 13.2 Å². The fourth-order valence-electron chi connectivity index (χ4n) is 4.20. The van der Waals surface area contributed by atoms with E-state index in [1.807, 2.05) is 37.4 Å². The number of halogens is 1. The maximum atomic E-state index is 5.97. The van der Waals surface area contributed by atoms with Crippen LogP contribution >= 0.6 is 24.0 Å². The molecule has 0 spiro atoms. The SMILES string of the molecule is CCN1CCN(c2cc(CNC(=NC)N3CCOC(c4cnn(C)c4)C3)ccn2)CC1.I. The molecule has 2 aromatic rings. The number of likely N-dealkylation sites (N-methyl/N-ethyl adjacent to an activating group) is 1. The number of hydrogen-bond acceptors (Lipinski definition) is 6. The number of rotatable bonds is 5. The molecule has 0 aromatic carbocycles. The Balaban J connectivity index is 0.00000289. The summed E-state index contributed by atoms with van der Waals surface area (Å²) in [6.45, 7) is 10.6. The molecule has 0 amide bonds. The van der Waals surface area contributed by atoms with Crippen molar-refractivity contribution < 1.29 is 4.74 Å². The molecule has 2 fully saturated rings. The Hall–Kier alpha value is -1.92. The van der Waals surface area contributed by atoms with Crippen molar-refractivity contribution in [2.45, 2.75) is 19.6 Å². The van der Waals surface area contributed by atoms with Gasteiger partial charge >= 0.3 is 0 Å². The summed E-state index contributed by atoms with van der Waals surface area (Å²) in [5, 5.41) is 7.80. The van der Waals surface area contributed by atoms with Gasteiger partial charge in [0.25, 0.3) is 0 Å². The summed E-state index contributed by atoms with van der Waals surface area (Å²) in [6.07, 6.45) is 5.82. The van der Waals surface area contributed by atoms with Crippen LogP contribution in [-0.2, 0) is 18.3 Å². The highest BCUT2D eigenvalue weighted by molar-refractivity contribution is 14.0. The first-order chi connectivity index (χ1) is 15.2. The molecule has 2 aliphatic rings. The number of aliphatic imine (C=N–C) groups is 1. The monoisotopic (exact) mass is 554 g/mol. The van der Waals surface area contributed by atoms with Gasteiger partial charge in [-0.1, -0.05) is 6.92 Å². The van der Waals surface area contributed by atoms with Gasteiger partial charge in [0.2, 0.25) is 0 Å². The van der Waals surface area contributed by atoms with E-state index < -0.39 is 0 Å². The molecule has 9 nitrogen and oxygen atoms in total. The smallest absolute Gasteiger partial charge is 0.194 e. The van der Waals surface area contributed by atoms with Gasteiger partial charge in [0.1, 0.15) is 11.9 Å². The predicted molar refractivity (Wildman–Crippen MR) is 138 cm³/mol. The van der Waals surface area contributed by atoms with Crippen molar-refractivity contribution >= 4 is 35.8 Å². The zero-order valence-corrected chi connectivity index (χ0v) is 21.6. The van der Waals surface area contributed by atoms with Crippen molar-refractivity contribution in [1.29, 1.82) is 0 Å². The van der Waals surface area contributed by atoms with Crippen LogP contribution in [0.4, 0.5) is 5.82 Å². The van der Waals surface area contributed by atoms with Gasteiger partial charge in [-0.25, -0.2) is 4.98 Å². The number of nitrogens with one attached hydrogen (secondary N) is 1. The van der Waals surface area contributed by atoms with Crippen LogP contribution in [0.5, 0.6) is 0 Å². The Morgan fingerprint density at radius 2 is 2.06 bits per heavy atom. The van der Waals surface area contributed by atoms with Crippen LogP contribution in [0.2, 0.25) is 0 Å². The van der Waals surface area contributed by atoms with Crippen molar-refractivity contribution in [1.82, 2.24) is 29.9 Å². The number of morpholine rings is 1. The molecule has 4 rings (SSSR count). The van der Waals surface area contributed by atoms with Crippen molar-refractivity contribution in [3.8, 4) is 0 Å². The van der Waals surface area contributed by atoms with Gasteiger partial charge in [-0.05, 0) is 24.2 Å². The fraction of sp³-hybridized carbons (Fsp3) is 0.591. The third-order valence-corrected chi connectivity index (χ3v) is 6.08. The Morgan fingerprint density at radius 3 is 2.75 bits per heavy atom. The van der Waals surface area contributed by atoms with Crippen LogP contribution in [-0.4, -0.2) is 90.0 Å². The first kappa shape index (κ1) is 24.7. The lowest BCUT2D eigenvalue weighted by Crippen LogP contribution is -2.48. The number of ether oxygens (including phenoxy) is 1. The van der Waals surface area contributed by atoms with Crippen molar-refractivity contribution in [3.63, 3.8) is 0 Å². The molecule has 4 heterocycles. The van der Waals surface area contributed by atoms with Crippen molar-refractivity contribution in [2.24, 2.45) is 12.0 Å². The van der Waals surface area contributed by atoms with Crippen LogP contribution < -0.4 is 10.2 Å². The lowest BCUT2D eigenvalue weighted by atomic mass is 10.1. The van der Waals surface area contributed by atoms with E-state index in [2.05, 4.69) is 54.1 Å². The summed E-state index contributed by atoms with van der Waals surface area (Å²) in [5.41, 5.74) is 2.31. The minimum Gasteiger partial charge on any atom is -0.370 e. The van der Waals surface area contributed by atoms with Gasteiger partial charge in [-0.15, -0.1) is 24.0 Å². The first-order valence-corrected chi connectivity index (χ1v) is 11.1. The van der Waals surface area contributed by atoms with E-state index in [9.17, 15) is 0 Å². The molecule has 2 aliphatic heterocycles. The molecule has 2 saturated heterocycles. The number of piperazine rings is 1. The highest BCUT2D eigenvalue weighted by Gasteiger charge is 2.25. The fourth-order valence-corrected chi connectivity index (χ4v) is 4.20. The normalized spacial score (nSPS) is 20.2. The zero-order chi connectivity index (χ0) is 21.6. The highest BCUT2D eigenvalue weighted by atomic mass is 127. The number of pyridine rings is 1. The molecule has 1 N–H and O–H groups in total. The maximum absolute atomic E-state index is 5.97. The number of hydrogen-bond donors (Lipinski definition) is 1. The molecule has 2 aromatic heterocycles. The van der Waals surface area contributed by atoms with E-state index in [0.717, 1.165) is 63.2 Å². The number of nitrogens with zero attached hydrogens (tertiary/aromatic N) is 7.